The predicted molar refractivity (Wildman–Crippen MR) is 108 cm³/mol. The molecule has 3 rings (SSSR count). The van der Waals surface area contributed by atoms with Gasteiger partial charge in [-0.3, -0.25) is 4.79 Å². The van der Waals surface area contributed by atoms with Crippen LogP contribution in [0.1, 0.15) is 43.5 Å². The van der Waals surface area contributed by atoms with Gasteiger partial charge < -0.3 is 25.0 Å². The van der Waals surface area contributed by atoms with Crippen LogP contribution in [0.4, 0.5) is 10.5 Å². The number of nitrogens with one attached hydrogen (secondary N) is 2. The molecular formula is C21H25N3O6. The Morgan fingerprint density at radius 1 is 1.10 bits per heavy atom. The molecule has 9 heteroatoms. The second kappa shape index (κ2) is 9.43. The number of hydrogen-bond donors (Lipinski definition) is 2. The molecule has 160 valence electrons. The number of rotatable bonds is 7. The maximum absolute atomic E-state index is 12.4. The quantitative estimate of drug-likeness (QED) is 0.658. The molecule has 0 bridgehead atoms. The van der Waals surface area contributed by atoms with E-state index in [1.54, 1.807) is 36.1 Å². The molecule has 0 radical (unpaired) electrons. The summed E-state index contributed by atoms with van der Waals surface area (Å²) in [7, 11) is 0. The summed E-state index contributed by atoms with van der Waals surface area (Å²) in [4.78, 5) is 50.2. The summed E-state index contributed by atoms with van der Waals surface area (Å²) < 4.78 is 10.4. The van der Waals surface area contributed by atoms with Crippen LogP contribution in [-0.2, 0) is 19.1 Å². The van der Waals surface area contributed by atoms with E-state index in [9.17, 15) is 19.2 Å². The van der Waals surface area contributed by atoms with Gasteiger partial charge in [0.05, 0.1) is 29.5 Å². The first kappa shape index (κ1) is 21.4. The predicted octanol–water partition coefficient (Wildman–Crippen LogP) is 1.88. The Morgan fingerprint density at radius 3 is 2.43 bits per heavy atom. The summed E-state index contributed by atoms with van der Waals surface area (Å²) in [5, 5.41) is 5.20. The molecule has 0 aliphatic carbocycles. The number of amides is 3. The van der Waals surface area contributed by atoms with Gasteiger partial charge in [-0.15, -0.1) is 0 Å². The molecule has 30 heavy (non-hydrogen) atoms. The summed E-state index contributed by atoms with van der Waals surface area (Å²) in [6, 6.07) is 5.56. The third-order valence-electron chi connectivity index (χ3n) is 4.98. The van der Waals surface area contributed by atoms with E-state index < -0.39 is 24.0 Å². The van der Waals surface area contributed by atoms with Gasteiger partial charge in [-0.05, 0) is 44.0 Å². The number of hydrogen-bond acceptors (Lipinski definition) is 6. The lowest BCUT2D eigenvalue weighted by Gasteiger charge is -2.28. The van der Waals surface area contributed by atoms with Crippen molar-refractivity contribution in [2.45, 2.75) is 39.2 Å². The van der Waals surface area contributed by atoms with E-state index in [4.69, 9.17) is 9.47 Å². The van der Waals surface area contributed by atoms with Gasteiger partial charge in [0.2, 0.25) is 5.91 Å². The van der Waals surface area contributed by atoms with Gasteiger partial charge in [0.1, 0.15) is 6.61 Å². The number of esters is 2. The molecule has 0 aromatic heterocycles. The summed E-state index contributed by atoms with van der Waals surface area (Å²) in [5.74, 6) is -1.11. The van der Waals surface area contributed by atoms with Crippen LogP contribution < -0.4 is 15.5 Å². The zero-order valence-electron chi connectivity index (χ0n) is 17.0. The van der Waals surface area contributed by atoms with E-state index >= 15 is 0 Å². The maximum atomic E-state index is 12.4. The van der Waals surface area contributed by atoms with E-state index in [2.05, 4.69) is 10.6 Å². The van der Waals surface area contributed by atoms with Crippen LogP contribution >= 0.6 is 0 Å². The minimum absolute atomic E-state index is 0.0656. The van der Waals surface area contributed by atoms with Crippen molar-refractivity contribution >= 4 is 29.6 Å². The molecule has 1 fully saturated rings. The first-order valence-electron chi connectivity index (χ1n) is 9.99. The van der Waals surface area contributed by atoms with Gasteiger partial charge in [0, 0.05) is 18.7 Å². The van der Waals surface area contributed by atoms with Gasteiger partial charge in [0.15, 0.2) is 0 Å². The van der Waals surface area contributed by atoms with Gasteiger partial charge in [-0.25, -0.2) is 14.4 Å². The lowest BCUT2D eigenvalue weighted by molar-refractivity contribution is -0.139. The molecule has 0 saturated carbocycles. The normalized spacial score (nSPS) is 18.7. The second-order valence-electron chi connectivity index (χ2n) is 6.94. The molecule has 2 N–H and O–H groups in total. The Labute approximate surface area is 174 Å². The van der Waals surface area contributed by atoms with Crippen LogP contribution in [0.3, 0.4) is 0 Å². The van der Waals surface area contributed by atoms with Crippen LogP contribution in [-0.4, -0.2) is 49.7 Å². The average molecular weight is 415 g/mol. The molecule has 1 aromatic rings. The van der Waals surface area contributed by atoms with Crippen LogP contribution in [0, 0.1) is 0 Å². The molecule has 2 aliphatic rings. The van der Waals surface area contributed by atoms with Crippen LogP contribution in [0.5, 0.6) is 0 Å². The fraction of sp³-hybridized carbons (Fsp3) is 0.429. The molecule has 0 unspecified atom stereocenters. The number of ether oxygens (including phenoxy) is 2. The number of urea groups is 1. The van der Waals surface area contributed by atoms with Crippen molar-refractivity contribution in [2.75, 3.05) is 24.7 Å². The molecule has 9 nitrogen and oxygen atoms in total. The molecular weight excluding hydrogens is 390 g/mol. The average Bonchev–Trinajstić information content (AvgIpc) is 3.17. The smallest absolute Gasteiger partial charge is 0.338 e. The van der Waals surface area contributed by atoms with Crippen molar-refractivity contribution in [1.29, 1.82) is 0 Å². The van der Waals surface area contributed by atoms with Crippen molar-refractivity contribution in [2.24, 2.45) is 0 Å². The van der Waals surface area contributed by atoms with Crippen molar-refractivity contribution in [3.05, 3.63) is 41.1 Å². The Balaban J connectivity index is 1.71. The highest BCUT2D eigenvalue weighted by Gasteiger charge is 2.32. The van der Waals surface area contributed by atoms with E-state index in [-0.39, 0.29) is 30.4 Å². The van der Waals surface area contributed by atoms with Crippen molar-refractivity contribution in [1.82, 2.24) is 10.6 Å². The van der Waals surface area contributed by atoms with E-state index in [0.717, 1.165) is 12.1 Å². The summed E-state index contributed by atoms with van der Waals surface area (Å²) in [6.07, 6.45) is 1.83. The monoisotopic (exact) mass is 415 g/mol. The Bertz CT molecular complexity index is 877. The van der Waals surface area contributed by atoms with E-state index in [1.807, 2.05) is 6.92 Å². The summed E-state index contributed by atoms with van der Waals surface area (Å²) in [5.41, 5.74) is 1.49. The van der Waals surface area contributed by atoms with Crippen molar-refractivity contribution in [3.63, 3.8) is 0 Å². The molecule has 1 saturated heterocycles. The van der Waals surface area contributed by atoms with Gasteiger partial charge >= 0.3 is 18.0 Å². The zero-order valence-corrected chi connectivity index (χ0v) is 17.0. The Hall–Kier alpha value is -3.36. The van der Waals surface area contributed by atoms with E-state index in [0.29, 0.717) is 24.9 Å². The van der Waals surface area contributed by atoms with Crippen LogP contribution in [0.15, 0.2) is 35.5 Å². The SMILES string of the molecule is CCOC(=O)C1=C(COC(=O)c2ccc(N3CCCC3=O)cc2)NC(=O)N[C@@H]1CC. The van der Waals surface area contributed by atoms with Gasteiger partial charge in [0.25, 0.3) is 0 Å². The highest BCUT2D eigenvalue weighted by molar-refractivity contribution is 5.97. The zero-order chi connectivity index (χ0) is 21.7. The highest BCUT2D eigenvalue weighted by Crippen LogP contribution is 2.22. The fourth-order valence-electron chi connectivity index (χ4n) is 3.50. The van der Waals surface area contributed by atoms with Crippen molar-refractivity contribution in [3.8, 4) is 0 Å². The lowest BCUT2D eigenvalue weighted by atomic mass is 10.0. The standard InChI is InChI=1S/C21H25N3O6/c1-3-15-18(20(27)29-4-2)16(23-21(28)22-15)12-30-19(26)13-7-9-14(10-8-13)24-11-5-6-17(24)25/h7-10,15H,3-6,11-12H2,1-2H3,(H2,22,23,28)/t15-/m1/s1. The van der Waals surface area contributed by atoms with E-state index in [1.165, 1.54) is 0 Å². The lowest BCUT2D eigenvalue weighted by Crippen LogP contribution is -2.51. The molecule has 2 aliphatic heterocycles. The Morgan fingerprint density at radius 2 is 1.83 bits per heavy atom. The summed E-state index contributed by atoms with van der Waals surface area (Å²) >= 11 is 0. The molecule has 3 amide bonds. The Kier molecular flexibility index (Phi) is 6.71. The van der Waals surface area contributed by atoms with Crippen LogP contribution in [0.25, 0.3) is 0 Å². The third kappa shape index (κ3) is 4.61. The maximum Gasteiger partial charge on any atom is 0.338 e. The molecule has 1 atom stereocenters. The second-order valence-corrected chi connectivity index (χ2v) is 6.94. The van der Waals surface area contributed by atoms with Crippen LogP contribution in [0.2, 0.25) is 0 Å². The number of carbonyl (C=O) groups excluding carboxylic acids is 4. The number of benzene rings is 1. The molecule has 0 spiro atoms. The number of carbonyl (C=O) groups is 4. The fourth-order valence-corrected chi connectivity index (χ4v) is 3.50. The largest absolute Gasteiger partial charge is 0.463 e. The first-order valence-corrected chi connectivity index (χ1v) is 9.99. The summed E-state index contributed by atoms with van der Waals surface area (Å²) in [6.45, 7) is 4.09. The van der Waals surface area contributed by atoms with Gasteiger partial charge in [-0.1, -0.05) is 6.92 Å². The molecule has 1 aromatic carbocycles. The van der Waals surface area contributed by atoms with Gasteiger partial charge in [-0.2, -0.15) is 0 Å². The third-order valence-corrected chi connectivity index (χ3v) is 4.98. The molecule has 2 heterocycles. The minimum Gasteiger partial charge on any atom is -0.463 e. The highest BCUT2D eigenvalue weighted by atomic mass is 16.5. The first-order chi connectivity index (χ1) is 14.4. The topological polar surface area (TPSA) is 114 Å². The van der Waals surface area contributed by atoms with Crippen molar-refractivity contribution < 1.29 is 28.7 Å². The minimum atomic E-state index is -0.606. The number of anilines is 1. The number of nitrogens with zero attached hydrogens (tertiary/aromatic N) is 1.